The molecule has 0 aromatic rings. The van der Waals surface area contributed by atoms with Crippen molar-refractivity contribution in [2.24, 2.45) is 0 Å². The topological polar surface area (TPSA) is 32.3 Å². The molecule has 104 valence electrons. The Bertz CT molecular complexity index is 309. The Morgan fingerprint density at radius 2 is 2.11 bits per heavy atom. The summed E-state index contributed by atoms with van der Waals surface area (Å²) in [4.78, 5) is 13.9. The molecular formula is C14H26N2OS. The van der Waals surface area contributed by atoms with Crippen molar-refractivity contribution in [2.75, 3.05) is 12.3 Å². The Balaban J connectivity index is 1.71. The van der Waals surface area contributed by atoms with Crippen molar-refractivity contribution in [3.63, 3.8) is 0 Å². The minimum absolute atomic E-state index is 0.321. The summed E-state index contributed by atoms with van der Waals surface area (Å²) in [6.45, 7) is 9.89. The van der Waals surface area contributed by atoms with Gasteiger partial charge in [0.05, 0.1) is 0 Å². The Hall–Kier alpha value is -0.220. The number of rotatable bonds is 5. The van der Waals surface area contributed by atoms with Gasteiger partial charge in [0.1, 0.15) is 0 Å². The van der Waals surface area contributed by atoms with Crippen LogP contribution in [0, 0.1) is 0 Å². The molecule has 1 saturated heterocycles. The Labute approximate surface area is 115 Å². The first-order chi connectivity index (χ1) is 8.35. The maximum Gasteiger partial charge on any atom is 0.224 e. The average Bonchev–Trinajstić information content (AvgIpc) is 3.01. The van der Waals surface area contributed by atoms with Crippen LogP contribution < -0.4 is 5.32 Å². The highest BCUT2D eigenvalue weighted by Gasteiger charge is 2.39. The number of hydrogen-bond donors (Lipinski definition) is 1. The first kappa shape index (κ1) is 14.2. The van der Waals surface area contributed by atoms with Gasteiger partial charge in [0, 0.05) is 41.6 Å². The highest BCUT2D eigenvalue weighted by molar-refractivity contribution is 8.00. The molecule has 0 aromatic carbocycles. The maximum absolute atomic E-state index is 11.8. The summed E-state index contributed by atoms with van der Waals surface area (Å²) < 4.78 is 0.321. The Morgan fingerprint density at radius 3 is 2.67 bits per heavy atom. The number of hydrogen-bond acceptors (Lipinski definition) is 3. The second-order valence-electron chi connectivity index (χ2n) is 6.67. The van der Waals surface area contributed by atoms with E-state index in [1.807, 2.05) is 11.8 Å². The number of carbonyl (C=O) groups is 1. The van der Waals surface area contributed by atoms with E-state index < -0.39 is 0 Å². The third-order valence-electron chi connectivity index (χ3n) is 3.43. The summed E-state index contributed by atoms with van der Waals surface area (Å²) in [6.07, 6.45) is 3.13. The molecule has 1 aliphatic carbocycles. The Morgan fingerprint density at radius 1 is 1.44 bits per heavy atom. The monoisotopic (exact) mass is 270 g/mol. The lowest BCUT2D eigenvalue weighted by Gasteiger charge is -2.24. The lowest BCUT2D eigenvalue weighted by molar-refractivity contribution is -0.128. The van der Waals surface area contributed by atoms with Crippen molar-refractivity contribution >= 4 is 17.7 Å². The van der Waals surface area contributed by atoms with Gasteiger partial charge in [-0.15, -0.1) is 0 Å². The van der Waals surface area contributed by atoms with E-state index in [0.29, 0.717) is 35.2 Å². The van der Waals surface area contributed by atoms with Gasteiger partial charge in [-0.25, -0.2) is 0 Å². The lowest BCUT2D eigenvalue weighted by atomic mass is 10.2. The summed E-state index contributed by atoms with van der Waals surface area (Å²) in [5.74, 6) is 1.46. The zero-order valence-corrected chi connectivity index (χ0v) is 12.8. The lowest BCUT2D eigenvalue weighted by Crippen LogP contribution is -2.40. The zero-order valence-electron chi connectivity index (χ0n) is 12.0. The van der Waals surface area contributed by atoms with Crippen LogP contribution in [0.3, 0.4) is 0 Å². The van der Waals surface area contributed by atoms with Crippen molar-refractivity contribution in [2.45, 2.75) is 69.8 Å². The van der Waals surface area contributed by atoms with E-state index in [2.05, 4.69) is 37.9 Å². The third kappa shape index (κ3) is 4.16. The number of thioether (sulfide) groups is 1. The molecule has 0 radical (unpaired) electrons. The molecule has 2 aliphatic rings. The summed E-state index contributed by atoms with van der Waals surface area (Å²) in [5, 5.41) is 3.61. The molecule has 3 nitrogen and oxygen atoms in total. The largest absolute Gasteiger partial charge is 0.338 e. The summed E-state index contributed by atoms with van der Waals surface area (Å²) >= 11 is 1.98. The van der Waals surface area contributed by atoms with Crippen LogP contribution in [-0.2, 0) is 4.79 Å². The van der Waals surface area contributed by atoms with Gasteiger partial charge in [0.15, 0.2) is 0 Å². The van der Waals surface area contributed by atoms with Gasteiger partial charge in [0.2, 0.25) is 5.91 Å². The van der Waals surface area contributed by atoms with Gasteiger partial charge >= 0.3 is 0 Å². The van der Waals surface area contributed by atoms with Crippen LogP contribution in [0.4, 0.5) is 0 Å². The normalized spacial score (nSPS) is 26.8. The molecule has 0 spiro atoms. The second-order valence-corrected chi connectivity index (χ2v) is 8.52. The minimum Gasteiger partial charge on any atom is -0.338 e. The first-order valence-corrected chi connectivity index (χ1v) is 8.03. The number of carbonyl (C=O) groups excluding carboxylic acids is 1. The van der Waals surface area contributed by atoms with Crippen molar-refractivity contribution in [1.82, 2.24) is 10.2 Å². The van der Waals surface area contributed by atoms with Crippen LogP contribution in [0.15, 0.2) is 0 Å². The minimum atomic E-state index is 0.321. The number of nitrogens with zero attached hydrogens (tertiary/aromatic N) is 1. The number of amides is 1. The molecule has 2 rings (SSSR count). The molecule has 2 fully saturated rings. The predicted molar refractivity (Wildman–Crippen MR) is 77.9 cm³/mol. The zero-order chi connectivity index (χ0) is 13.3. The van der Waals surface area contributed by atoms with Crippen LogP contribution in [0.5, 0.6) is 0 Å². The highest BCUT2D eigenvalue weighted by atomic mass is 32.2. The van der Waals surface area contributed by atoms with Crippen molar-refractivity contribution in [3.8, 4) is 0 Å². The standard InChI is InChI=1S/C14H26N2OS/c1-10(9-18-14(2,3)4)15-11-7-13(17)16(8-11)12-5-6-12/h10-12,15H,5-9H2,1-4H3. The Kier molecular flexibility index (Phi) is 4.27. The van der Waals surface area contributed by atoms with Crippen LogP contribution in [0.1, 0.15) is 47.0 Å². The fourth-order valence-electron chi connectivity index (χ4n) is 2.41. The highest BCUT2D eigenvalue weighted by Crippen LogP contribution is 2.31. The van der Waals surface area contributed by atoms with Crippen molar-refractivity contribution in [1.29, 1.82) is 0 Å². The van der Waals surface area contributed by atoms with Gasteiger partial charge in [-0.2, -0.15) is 11.8 Å². The van der Waals surface area contributed by atoms with Crippen molar-refractivity contribution in [3.05, 3.63) is 0 Å². The third-order valence-corrected chi connectivity index (χ3v) is 4.97. The van der Waals surface area contributed by atoms with E-state index >= 15 is 0 Å². The summed E-state index contributed by atoms with van der Waals surface area (Å²) in [5.41, 5.74) is 0. The molecular weight excluding hydrogens is 244 g/mol. The fourth-order valence-corrected chi connectivity index (χ4v) is 3.25. The van der Waals surface area contributed by atoms with Gasteiger partial charge < -0.3 is 10.2 Å². The fraction of sp³-hybridized carbons (Fsp3) is 0.929. The van der Waals surface area contributed by atoms with Gasteiger partial charge in [0.25, 0.3) is 0 Å². The predicted octanol–water partition coefficient (Wildman–Crippen LogP) is 2.26. The van der Waals surface area contributed by atoms with E-state index in [0.717, 1.165) is 12.3 Å². The maximum atomic E-state index is 11.8. The van der Waals surface area contributed by atoms with E-state index in [1.54, 1.807) is 0 Å². The molecule has 2 unspecified atom stereocenters. The molecule has 1 N–H and O–H groups in total. The van der Waals surface area contributed by atoms with E-state index in [-0.39, 0.29) is 0 Å². The molecule has 2 atom stereocenters. The molecule has 1 saturated carbocycles. The van der Waals surface area contributed by atoms with Crippen LogP contribution >= 0.6 is 11.8 Å². The van der Waals surface area contributed by atoms with Crippen molar-refractivity contribution < 1.29 is 4.79 Å². The second kappa shape index (κ2) is 5.41. The smallest absolute Gasteiger partial charge is 0.224 e. The van der Waals surface area contributed by atoms with Crippen LogP contribution in [-0.4, -0.2) is 46.0 Å². The van der Waals surface area contributed by atoms with E-state index in [1.165, 1.54) is 12.8 Å². The molecule has 4 heteroatoms. The molecule has 0 aromatic heterocycles. The van der Waals surface area contributed by atoms with E-state index in [4.69, 9.17) is 0 Å². The van der Waals surface area contributed by atoms with Gasteiger partial charge in [-0.1, -0.05) is 20.8 Å². The molecule has 1 heterocycles. The summed E-state index contributed by atoms with van der Waals surface area (Å²) in [6, 6.07) is 1.42. The van der Waals surface area contributed by atoms with E-state index in [9.17, 15) is 4.79 Å². The number of nitrogens with one attached hydrogen (secondary N) is 1. The molecule has 18 heavy (non-hydrogen) atoms. The molecule has 0 bridgehead atoms. The molecule has 1 amide bonds. The van der Waals surface area contributed by atoms with Crippen LogP contribution in [0.25, 0.3) is 0 Å². The SMILES string of the molecule is CC(CSC(C)(C)C)NC1CC(=O)N(C2CC2)C1. The average molecular weight is 270 g/mol. The number of likely N-dealkylation sites (tertiary alicyclic amines) is 1. The quantitative estimate of drug-likeness (QED) is 0.832. The first-order valence-electron chi connectivity index (χ1n) is 7.04. The van der Waals surface area contributed by atoms with Crippen LogP contribution in [0.2, 0.25) is 0 Å². The summed E-state index contributed by atoms with van der Waals surface area (Å²) in [7, 11) is 0. The van der Waals surface area contributed by atoms with Gasteiger partial charge in [-0.3, -0.25) is 4.79 Å². The molecule has 1 aliphatic heterocycles. The van der Waals surface area contributed by atoms with Gasteiger partial charge in [-0.05, 0) is 19.8 Å².